The number of aliphatic hydroxyl groups excluding tert-OH is 1. The van der Waals surface area contributed by atoms with Crippen LogP contribution in [0.3, 0.4) is 0 Å². The highest BCUT2D eigenvalue weighted by atomic mass is 31.2. The molecule has 19 atom stereocenters. The second-order valence-corrected chi connectivity index (χ2v) is 72.9. The smallest absolute Gasteiger partial charge is 0.337 e. The quantitative estimate of drug-likeness (QED) is 0.00692. The number of esters is 1. The number of rotatable bonds is 29. The highest BCUT2D eigenvalue weighted by Gasteiger charge is 2.57. The van der Waals surface area contributed by atoms with Crippen LogP contribution in [-0.2, 0) is 78.4 Å². The normalized spacial score (nSPS) is 24.9. The monoisotopic (exact) mass is 2220 g/mol. The molecule has 7 unspecified atom stereocenters. The van der Waals surface area contributed by atoms with Gasteiger partial charge in [-0.15, -0.1) is 0 Å². The third-order valence-electron chi connectivity index (χ3n) is 30.2. The van der Waals surface area contributed by atoms with Gasteiger partial charge in [0.25, 0.3) is 33.4 Å². The zero-order chi connectivity index (χ0) is 114. The maximum Gasteiger partial charge on any atom is 0.337 e. The maximum absolute atomic E-state index is 12.9. The van der Waals surface area contributed by atoms with Crippen LogP contribution in [-0.4, -0.2) is 237 Å². The molecule has 0 bridgehead atoms. The van der Waals surface area contributed by atoms with E-state index in [9.17, 15) is 82.4 Å². The van der Waals surface area contributed by atoms with Crippen molar-refractivity contribution in [2.45, 2.75) is 437 Å². The minimum Gasteiger partial charge on any atom is -0.479 e. The number of ether oxygens (including phenoxy) is 7. The average molecular weight is 2220 g/mol. The van der Waals surface area contributed by atoms with Crippen LogP contribution in [0, 0.1) is 48.1 Å². The first-order chi connectivity index (χ1) is 68.6. The molecule has 0 saturated carbocycles. The van der Waals surface area contributed by atoms with Crippen molar-refractivity contribution in [3.8, 4) is 0 Å². The molecule has 0 amide bonds. The van der Waals surface area contributed by atoms with Crippen molar-refractivity contribution < 1.29 is 93.8 Å². The summed E-state index contributed by atoms with van der Waals surface area (Å²) in [5, 5.41) is 29.5. The van der Waals surface area contributed by atoms with E-state index in [0.717, 1.165) is 0 Å². The molecule has 0 radical (unpaired) electrons. The van der Waals surface area contributed by atoms with Crippen molar-refractivity contribution >= 4 is 62.1 Å². The number of carboxylic acid groups (broad SMARTS) is 1. The Kier molecular flexibility index (Phi) is 41.2. The van der Waals surface area contributed by atoms with E-state index in [0.29, 0.717) is 65.5 Å². The molecule has 6 aliphatic rings. The Balaban J connectivity index is 0.000000237. The Hall–Kier alpha value is -8.62. The summed E-state index contributed by atoms with van der Waals surface area (Å²) in [6.07, 6.45) is 0.291. The molecule has 0 aliphatic carbocycles. The topological polar surface area (TPSA) is 567 Å². The lowest BCUT2D eigenvalue weighted by atomic mass is 9.97. The summed E-state index contributed by atoms with van der Waals surface area (Å²) in [4.78, 5) is 185. The lowest BCUT2D eigenvalue weighted by molar-refractivity contribution is -0.158. The van der Waals surface area contributed by atoms with Gasteiger partial charge in [-0.3, -0.25) is 86.1 Å². The third kappa shape index (κ3) is 31.0. The lowest BCUT2D eigenvalue weighted by Crippen LogP contribution is -2.51. The molecule has 0 aromatic carbocycles. The Morgan fingerprint density at radius 2 is 0.647 bits per heavy atom. The zero-order valence-electron chi connectivity index (χ0n) is 94.2. The number of aromatic nitrogens is 12. The molecular formula is C99H164N13O32PSi5. The van der Waals surface area contributed by atoms with Gasteiger partial charge in [-0.1, -0.05) is 111 Å². The van der Waals surface area contributed by atoms with Crippen molar-refractivity contribution in [2.75, 3.05) is 26.9 Å². The van der Waals surface area contributed by atoms with Gasteiger partial charge in [0.05, 0.1) is 62.0 Å². The Morgan fingerprint density at radius 1 is 0.393 bits per heavy atom. The third-order valence-corrected chi connectivity index (χ3v) is 54.2. The van der Waals surface area contributed by atoms with E-state index in [-0.39, 0.29) is 70.0 Å². The largest absolute Gasteiger partial charge is 0.479 e. The summed E-state index contributed by atoms with van der Waals surface area (Å²) < 4.78 is 100. The molecule has 150 heavy (non-hydrogen) atoms. The van der Waals surface area contributed by atoms with E-state index >= 15 is 0 Å². The van der Waals surface area contributed by atoms with E-state index in [1.54, 1.807) is 55.4 Å². The van der Waals surface area contributed by atoms with Gasteiger partial charge in [0.2, 0.25) is 6.54 Å². The fourth-order valence-electron chi connectivity index (χ4n) is 16.1. The summed E-state index contributed by atoms with van der Waals surface area (Å²) in [5.41, 5.74) is -5.92. The molecule has 6 saturated heterocycles. The molecule has 12 heterocycles. The Labute approximate surface area is 879 Å². The first kappa shape index (κ1) is 127. The van der Waals surface area contributed by atoms with E-state index < -0.39 is 239 Å². The molecule has 51 heteroatoms. The van der Waals surface area contributed by atoms with Gasteiger partial charge in [-0.25, -0.2) is 44.9 Å². The summed E-state index contributed by atoms with van der Waals surface area (Å²) in [7, 11) is -11.7. The van der Waals surface area contributed by atoms with Crippen LogP contribution in [0.2, 0.25) is 90.7 Å². The number of carboxylic acids is 1. The first-order valence-corrected chi connectivity index (χ1v) is 66.2. The van der Waals surface area contributed by atoms with Crippen LogP contribution in [0.1, 0.15) is 254 Å². The molecule has 0 spiro atoms. The minimum atomic E-state index is -2.35. The van der Waals surface area contributed by atoms with Crippen LogP contribution in [0.15, 0.2) is 94.7 Å². The summed E-state index contributed by atoms with van der Waals surface area (Å²) in [6.45, 7) is 78.9. The maximum atomic E-state index is 12.9. The van der Waals surface area contributed by atoms with Crippen molar-refractivity contribution in [3.63, 3.8) is 0 Å². The molecule has 9 N–H and O–H groups in total. The second-order valence-electron chi connectivity index (χ2n) is 48.1. The lowest BCUT2D eigenvalue weighted by Gasteiger charge is -2.42. The number of carbonyl (C=O) groups excluding carboxylic acids is 1. The number of aliphatic hydroxyl groups is 2. The van der Waals surface area contributed by atoms with Gasteiger partial charge in [0.15, 0.2) is 53.8 Å². The zero-order valence-corrected chi connectivity index (χ0v) is 100. The number of aliphatic carboxylic acids is 1. The number of methoxy groups -OCH3 is 1. The molecular weight excluding hydrogens is 2050 g/mol. The molecule has 6 aliphatic heterocycles. The van der Waals surface area contributed by atoms with Crippen LogP contribution < -0.4 is 67.5 Å². The molecule has 6 aromatic rings. The second kappa shape index (κ2) is 48.8. The van der Waals surface area contributed by atoms with Crippen molar-refractivity contribution in [2.24, 2.45) is 0 Å². The Bertz CT molecular complexity index is 6540. The predicted molar refractivity (Wildman–Crippen MR) is 576 cm³/mol. The number of hydrogen-bond acceptors (Lipinski definition) is 31. The van der Waals surface area contributed by atoms with Crippen LogP contribution >= 0.6 is 8.60 Å². The molecule has 45 nitrogen and oxygen atoms in total. The van der Waals surface area contributed by atoms with Gasteiger partial charge in [0, 0.05) is 109 Å². The molecule has 6 fully saturated rings. The Morgan fingerprint density at radius 3 is 0.933 bits per heavy atom. The van der Waals surface area contributed by atoms with E-state index in [2.05, 4.69) is 191 Å². The molecule has 842 valence electrons. The molecule has 12 rings (SSSR count). The van der Waals surface area contributed by atoms with Gasteiger partial charge in [-0.05, 0) is 166 Å². The highest BCUT2D eigenvalue weighted by Crippen LogP contribution is 2.54. The fraction of sp³-hybridized carbons (Fsp3) is 0.727. The van der Waals surface area contributed by atoms with Gasteiger partial charge < -0.3 is 89.0 Å². The van der Waals surface area contributed by atoms with Crippen LogP contribution in [0.25, 0.3) is 4.85 Å². The highest BCUT2D eigenvalue weighted by molar-refractivity contribution is 7.41. The fourth-order valence-corrected chi connectivity index (χ4v) is 24.1. The molecule has 6 aromatic heterocycles. The number of aryl methyl sites for hydroxylation is 6. The van der Waals surface area contributed by atoms with Crippen molar-refractivity contribution in [1.82, 2.24) is 57.3 Å². The number of carbonyl (C=O) groups is 2. The van der Waals surface area contributed by atoms with E-state index in [1.165, 1.54) is 71.7 Å². The predicted octanol–water partition coefficient (Wildman–Crippen LogP) is 11.5. The van der Waals surface area contributed by atoms with Crippen molar-refractivity contribution in [1.29, 1.82) is 0 Å². The summed E-state index contributed by atoms with van der Waals surface area (Å²) in [6, 6.07) is 0. The van der Waals surface area contributed by atoms with Crippen LogP contribution in [0.4, 0.5) is 0 Å². The SMILES string of the molecule is COC(=O)[C@H]1O[C@@H](n2cc(C)c(=O)[nH]c2=O)CC1O[Si](C)(C)C(C)(C)C.Cc1cn([C@H]2CC(O[Si](C)(C)C(C)(C)C)[C@@H](C(=O)O)O2)c(=O)[nH]c1=O.Cc1cn([C@H]2CC(O[Si](C)(C)C(C)(C)C)[C@@H](C(C)(C)O)O2)c(=O)[nH]c1=O.Cc1cn([C@H]2CC(O[Si](C)(C)C(C)(C)C)[C@@H](CO)O2)c(=O)[nH]c1=O.[C-]#[N+]CCOP(OC1C[C@H](n2cc(C)c(=O)[nH]c2=O)O[C@@H]1CC)OC(C)(C)[C@H]1O[C@@H](n2cc(C)c(=O)[nH]c2=O)CC1O[Si](C)(C)C(C)(C)C. The summed E-state index contributed by atoms with van der Waals surface area (Å²) in [5.74, 6) is -1.66. The van der Waals surface area contributed by atoms with Crippen molar-refractivity contribution in [3.05, 3.63) is 207 Å². The first-order valence-electron chi connectivity index (χ1n) is 50.6. The van der Waals surface area contributed by atoms with E-state index in [4.69, 9.17) is 75.4 Å². The van der Waals surface area contributed by atoms with Crippen LogP contribution in [0.5, 0.6) is 0 Å². The minimum absolute atomic E-state index is 0.0145. The number of H-pyrrole nitrogens is 6. The number of nitrogens with one attached hydrogen (secondary N) is 6. The summed E-state index contributed by atoms with van der Waals surface area (Å²) >= 11 is 0. The van der Waals surface area contributed by atoms with Gasteiger partial charge >= 0.3 is 54.7 Å². The number of nitrogens with zero attached hydrogens (tertiary/aromatic N) is 7. The number of aromatic amines is 6. The number of hydrogen-bond donors (Lipinski definition) is 9. The van der Waals surface area contributed by atoms with E-state index in [1.807, 2.05) is 33.9 Å². The average Bonchev–Trinajstić information content (AvgIpc) is 1.62. The standard InChI is InChI=1S/C32H50N5O10PSi.C18H32N2O5Si.C17H28N2O6Si.C16H26N2O6Si.C16H28N2O5Si/c1-12-21-22(15-24(43-21)36-17-19(2)27(38)34-29(36)40)45-48(42-14-13-33-9)47-32(7,8)26-23(46-49(10,11)31(4,5)6)16-25(44-26)37-18-20(3)28(39)35-30(37)41;1-11-10-20(16(22)19-15(11)21)13-9-12(14(24-13)18(5,6)23)25-26(7,8)17(2,3)4;1-10-9-19(16(22)18-14(10)20)12-8-11(13(24-12)15(21)23-5)25-26(6,7)17(2,3)4;1-9-8-18(15(22)17-13(9)19)11-7-10(12(23-11)14(20)21)24-25(5,6)16(2,3)4;1-10-8-18(15(21)17-14(10)20)13-7-11(12(9-19)22-13)23-24(5,6)16(2,3)4/h17-18,21-26H,12-16H2,1-8,10-11H3,(H,34,38,40)(H,35,39,41);10,12-14,23H,9H2,1-8H3,(H,19,21,22);9,11-13H,8H2,1-7H3,(H,18,20,22);8,10-12H,7H2,1-6H3,(H,20,21)(H,17,19,22);8,11-13,19H,7,9H2,1-6H3,(H,17,20,21)/t21-,22?,23?,24-,25-,26+,48?;12?,13-,14+;11?,12-,13+;10?,11-,12+;11?,12-,13-/m11111/s1. The van der Waals surface area contributed by atoms with Gasteiger partial charge in [-0.2, -0.15) is 0 Å². The van der Waals surface area contributed by atoms with Gasteiger partial charge in [0.1, 0.15) is 67.9 Å².